The highest BCUT2D eigenvalue weighted by atomic mass is 19.1. The first-order valence-electron chi connectivity index (χ1n) is 9.15. The molecule has 0 atom stereocenters. The first-order chi connectivity index (χ1) is 13.7. The van der Waals surface area contributed by atoms with E-state index in [9.17, 15) is 9.18 Å². The second-order valence-corrected chi connectivity index (χ2v) is 6.55. The van der Waals surface area contributed by atoms with Gasteiger partial charge in [-0.25, -0.2) is 4.39 Å². The van der Waals surface area contributed by atoms with Gasteiger partial charge < -0.3 is 15.6 Å². The van der Waals surface area contributed by atoms with E-state index in [1.807, 2.05) is 36.5 Å². The molecule has 1 heterocycles. The van der Waals surface area contributed by atoms with Gasteiger partial charge in [0.05, 0.1) is 11.3 Å². The van der Waals surface area contributed by atoms with Crippen LogP contribution in [0, 0.1) is 5.82 Å². The van der Waals surface area contributed by atoms with Gasteiger partial charge in [0.15, 0.2) is 0 Å². The van der Waals surface area contributed by atoms with Crippen molar-refractivity contribution in [3.63, 3.8) is 0 Å². The summed E-state index contributed by atoms with van der Waals surface area (Å²) in [5.74, 6) is -0.495. The maximum Gasteiger partial charge on any atom is 0.253 e. The summed E-state index contributed by atoms with van der Waals surface area (Å²) in [6.07, 6.45) is 2.71. The second-order valence-electron chi connectivity index (χ2n) is 6.55. The monoisotopic (exact) mass is 373 g/mol. The predicted molar refractivity (Wildman–Crippen MR) is 110 cm³/mol. The Labute approximate surface area is 162 Å². The second kappa shape index (κ2) is 7.96. The molecule has 0 spiro atoms. The third kappa shape index (κ3) is 3.88. The molecule has 0 bridgehead atoms. The van der Waals surface area contributed by atoms with Crippen molar-refractivity contribution in [2.75, 3.05) is 11.9 Å². The van der Waals surface area contributed by atoms with Gasteiger partial charge in [-0.2, -0.15) is 0 Å². The van der Waals surface area contributed by atoms with Crippen molar-refractivity contribution in [2.24, 2.45) is 0 Å². The average Bonchev–Trinajstić information content (AvgIpc) is 3.12. The molecule has 1 aromatic heterocycles. The van der Waals surface area contributed by atoms with Crippen LogP contribution < -0.4 is 10.6 Å². The topological polar surface area (TPSA) is 56.9 Å². The zero-order chi connectivity index (χ0) is 19.3. The maximum absolute atomic E-state index is 13.4. The predicted octanol–water partition coefficient (Wildman–Crippen LogP) is 5.02. The number of anilines is 2. The first kappa shape index (κ1) is 17.8. The lowest BCUT2D eigenvalue weighted by atomic mass is 10.1. The van der Waals surface area contributed by atoms with Crippen molar-refractivity contribution in [2.45, 2.75) is 6.42 Å². The molecule has 0 unspecified atom stereocenters. The van der Waals surface area contributed by atoms with Crippen LogP contribution in [0.4, 0.5) is 15.8 Å². The van der Waals surface area contributed by atoms with E-state index < -0.39 is 0 Å². The number of nitrogens with one attached hydrogen (secondary N) is 3. The average molecular weight is 373 g/mol. The summed E-state index contributed by atoms with van der Waals surface area (Å²) < 4.78 is 13.4. The number of H-pyrrole nitrogens is 1. The van der Waals surface area contributed by atoms with Crippen molar-refractivity contribution in [3.05, 3.63) is 95.9 Å². The Morgan fingerprint density at radius 1 is 0.964 bits per heavy atom. The standard InChI is InChI=1S/C23H20FN3O/c24-17-6-5-7-18(14-17)27-22-11-4-2-9-20(22)23(28)25-13-12-16-15-26-21-10-3-1-8-19(16)21/h1-11,14-15,26-27H,12-13H2,(H,25,28). The summed E-state index contributed by atoms with van der Waals surface area (Å²) in [4.78, 5) is 15.9. The molecule has 0 aliphatic heterocycles. The zero-order valence-electron chi connectivity index (χ0n) is 15.2. The Kier molecular flexibility index (Phi) is 5.06. The molecule has 28 heavy (non-hydrogen) atoms. The first-order valence-corrected chi connectivity index (χ1v) is 9.15. The maximum atomic E-state index is 13.4. The van der Waals surface area contributed by atoms with Crippen LogP contribution in [0.2, 0.25) is 0 Å². The Morgan fingerprint density at radius 2 is 1.79 bits per heavy atom. The lowest BCUT2D eigenvalue weighted by molar-refractivity contribution is 0.0955. The van der Waals surface area contributed by atoms with Gasteiger partial charge in [-0.3, -0.25) is 4.79 Å². The summed E-state index contributed by atoms with van der Waals surface area (Å²) in [7, 11) is 0. The molecule has 4 rings (SSSR count). The van der Waals surface area contributed by atoms with Crippen LogP contribution in [-0.2, 0) is 6.42 Å². The van der Waals surface area contributed by atoms with Crippen LogP contribution in [0.1, 0.15) is 15.9 Å². The smallest absolute Gasteiger partial charge is 0.253 e. The molecule has 140 valence electrons. The van der Waals surface area contributed by atoms with Gasteiger partial charge in [0.2, 0.25) is 0 Å². The summed E-state index contributed by atoms with van der Waals surface area (Å²) in [6, 6.07) is 21.5. The third-order valence-electron chi connectivity index (χ3n) is 4.63. The lowest BCUT2D eigenvalue weighted by Gasteiger charge is -2.12. The fraction of sp³-hybridized carbons (Fsp3) is 0.0870. The number of halogens is 1. The number of carbonyl (C=O) groups excluding carboxylic acids is 1. The zero-order valence-corrected chi connectivity index (χ0v) is 15.2. The Bertz CT molecular complexity index is 1120. The highest BCUT2D eigenvalue weighted by molar-refractivity contribution is 6.00. The van der Waals surface area contributed by atoms with Crippen LogP contribution >= 0.6 is 0 Å². The quantitative estimate of drug-likeness (QED) is 0.444. The SMILES string of the molecule is O=C(NCCc1c[nH]c2ccccc12)c1ccccc1Nc1cccc(F)c1. The molecule has 0 saturated carbocycles. The third-order valence-corrected chi connectivity index (χ3v) is 4.63. The van der Waals surface area contributed by atoms with Gasteiger partial charge in [-0.15, -0.1) is 0 Å². The Hall–Kier alpha value is -3.60. The van der Waals surface area contributed by atoms with Crippen LogP contribution in [0.3, 0.4) is 0 Å². The number of hydrogen-bond donors (Lipinski definition) is 3. The molecular formula is C23H20FN3O. The Morgan fingerprint density at radius 3 is 2.68 bits per heavy atom. The number of carbonyl (C=O) groups is 1. The number of rotatable bonds is 6. The van der Waals surface area contributed by atoms with Crippen molar-refractivity contribution >= 4 is 28.2 Å². The molecule has 3 N–H and O–H groups in total. The van der Waals surface area contributed by atoms with Crippen molar-refractivity contribution in [1.29, 1.82) is 0 Å². The number of aromatic amines is 1. The molecule has 4 nitrogen and oxygen atoms in total. The van der Waals surface area contributed by atoms with Gasteiger partial charge in [0, 0.05) is 29.3 Å². The van der Waals surface area contributed by atoms with Gasteiger partial charge >= 0.3 is 0 Å². The van der Waals surface area contributed by atoms with E-state index in [-0.39, 0.29) is 11.7 Å². The summed E-state index contributed by atoms with van der Waals surface area (Å²) in [5, 5.41) is 7.26. The van der Waals surface area contributed by atoms with Gasteiger partial charge in [0.25, 0.3) is 5.91 Å². The number of para-hydroxylation sites is 2. The van der Waals surface area contributed by atoms with E-state index in [1.54, 1.807) is 24.3 Å². The van der Waals surface area contributed by atoms with Crippen molar-refractivity contribution < 1.29 is 9.18 Å². The van der Waals surface area contributed by atoms with Crippen LogP contribution in [0.15, 0.2) is 79.0 Å². The molecule has 0 fully saturated rings. The minimum absolute atomic E-state index is 0.167. The van der Waals surface area contributed by atoms with E-state index >= 15 is 0 Å². The summed E-state index contributed by atoms with van der Waals surface area (Å²) in [5.41, 5.74) is 4.01. The molecule has 1 amide bonds. The fourth-order valence-corrected chi connectivity index (χ4v) is 3.26. The van der Waals surface area contributed by atoms with E-state index in [0.29, 0.717) is 23.5 Å². The molecule has 0 saturated heterocycles. The number of fused-ring (bicyclic) bond motifs is 1. The molecule has 0 radical (unpaired) electrons. The molecular weight excluding hydrogens is 353 g/mol. The summed E-state index contributed by atoms with van der Waals surface area (Å²) >= 11 is 0. The van der Waals surface area contributed by atoms with Gasteiger partial charge in [0.1, 0.15) is 5.82 Å². The van der Waals surface area contributed by atoms with E-state index in [2.05, 4.69) is 21.7 Å². The van der Waals surface area contributed by atoms with Crippen LogP contribution in [0.25, 0.3) is 10.9 Å². The number of benzene rings is 3. The van der Waals surface area contributed by atoms with Gasteiger partial charge in [-0.05, 0) is 48.4 Å². The largest absolute Gasteiger partial charge is 0.361 e. The minimum atomic E-state index is -0.328. The minimum Gasteiger partial charge on any atom is -0.361 e. The van der Waals surface area contributed by atoms with E-state index in [4.69, 9.17) is 0 Å². The van der Waals surface area contributed by atoms with Crippen molar-refractivity contribution in [1.82, 2.24) is 10.3 Å². The van der Waals surface area contributed by atoms with E-state index in [1.165, 1.54) is 23.1 Å². The normalized spacial score (nSPS) is 10.8. The molecule has 3 aromatic carbocycles. The molecule has 0 aliphatic carbocycles. The number of hydrogen-bond acceptors (Lipinski definition) is 2. The lowest BCUT2D eigenvalue weighted by Crippen LogP contribution is -2.26. The Balaban J connectivity index is 1.43. The molecule has 0 aliphatic rings. The molecule has 4 aromatic rings. The van der Waals surface area contributed by atoms with E-state index in [0.717, 1.165) is 11.9 Å². The molecule has 5 heteroatoms. The van der Waals surface area contributed by atoms with Gasteiger partial charge in [-0.1, -0.05) is 36.4 Å². The highest BCUT2D eigenvalue weighted by Gasteiger charge is 2.11. The van der Waals surface area contributed by atoms with Crippen molar-refractivity contribution in [3.8, 4) is 0 Å². The van der Waals surface area contributed by atoms with Crippen LogP contribution in [0.5, 0.6) is 0 Å². The summed E-state index contributed by atoms with van der Waals surface area (Å²) in [6.45, 7) is 0.523. The number of amides is 1. The highest BCUT2D eigenvalue weighted by Crippen LogP contribution is 2.22. The van der Waals surface area contributed by atoms with Crippen LogP contribution in [-0.4, -0.2) is 17.4 Å². The number of aromatic nitrogens is 1. The fourth-order valence-electron chi connectivity index (χ4n) is 3.26.